The topological polar surface area (TPSA) is 49.4 Å². The molecule has 4 heteroatoms. The Morgan fingerprint density at radius 2 is 1.57 bits per heavy atom. The number of carbonyl (C=O) groups excluding carboxylic acids is 2. The normalized spacial score (nSPS) is 12.3. The van der Waals surface area contributed by atoms with Crippen molar-refractivity contribution in [3.63, 3.8) is 0 Å². The molecule has 0 saturated heterocycles. The molecule has 0 aliphatic heterocycles. The second-order valence-electron chi connectivity index (χ2n) is 8.41. The summed E-state index contributed by atoms with van der Waals surface area (Å²) in [5.74, 6) is -0.145. The zero-order chi connectivity index (χ0) is 20.7. The molecule has 28 heavy (non-hydrogen) atoms. The van der Waals surface area contributed by atoms with Crippen molar-refractivity contribution in [3.8, 4) is 0 Å². The molecule has 150 valence electrons. The van der Waals surface area contributed by atoms with Crippen molar-refractivity contribution in [1.29, 1.82) is 0 Å². The van der Waals surface area contributed by atoms with Gasteiger partial charge >= 0.3 is 0 Å². The number of hydrogen-bond donors (Lipinski definition) is 1. The number of nitrogens with one attached hydrogen (secondary N) is 1. The predicted molar refractivity (Wildman–Crippen MR) is 114 cm³/mol. The summed E-state index contributed by atoms with van der Waals surface area (Å²) in [6.07, 6.45) is 1.04. The van der Waals surface area contributed by atoms with Gasteiger partial charge in [-0.25, -0.2) is 0 Å². The summed E-state index contributed by atoms with van der Waals surface area (Å²) in [5.41, 5.74) is 3.01. The van der Waals surface area contributed by atoms with Gasteiger partial charge in [0.05, 0.1) is 0 Å². The Bertz CT molecular complexity index is 777. The third kappa shape index (κ3) is 6.84. The van der Waals surface area contributed by atoms with Gasteiger partial charge in [-0.2, -0.15) is 0 Å². The standard InChI is InChI=1S/C24H32N2O2/c1-18-11-13-20(14-12-18)15-16-22(27)26(17-21-9-7-6-8-10-21)19(2)23(28)25-24(3,4)5/h6-14,19H,15-17H2,1-5H3,(H,25,28). The van der Waals surface area contributed by atoms with Crippen LogP contribution in [-0.2, 0) is 22.6 Å². The van der Waals surface area contributed by atoms with E-state index >= 15 is 0 Å². The van der Waals surface area contributed by atoms with E-state index in [1.165, 1.54) is 5.56 Å². The molecule has 0 aromatic heterocycles. The highest BCUT2D eigenvalue weighted by Gasteiger charge is 2.28. The molecule has 1 atom stereocenters. The molecule has 1 unspecified atom stereocenters. The monoisotopic (exact) mass is 380 g/mol. The summed E-state index contributed by atoms with van der Waals surface area (Å²) >= 11 is 0. The molecule has 2 amide bonds. The van der Waals surface area contributed by atoms with Crippen molar-refractivity contribution < 1.29 is 9.59 Å². The highest BCUT2D eigenvalue weighted by molar-refractivity contribution is 5.87. The van der Waals surface area contributed by atoms with Crippen LogP contribution in [0.1, 0.15) is 50.8 Å². The van der Waals surface area contributed by atoms with Crippen molar-refractivity contribution in [2.24, 2.45) is 0 Å². The zero-order valence-corrected chi connectivity index (χ0v) is 17.7. The molecule has 4 nitrogen and oxygen atoms in total. The number of amides is 2. The van der Waals surface area contributed by atoms with Crippen LogP contribution in [0.4, 0.5) is 0 Å². The van der Waals surface area contributed by atoms with Gasteiger partial charge in [0.1, 0.15) is 6.04 Å². The molecular weight excluding hydrogens is 348 g/mol. The summed E-state index contributed by atoms with van der Waals surface area (Å²) in [5, 5.41) is 2.99. The lowest BCUT2D eigenvalue weighted by Crippen LogP contribution is -2.52. The van der Waals surface area contributed by atoms with Gasteiger partial charge in [0, 0.05) is 18.5 Å². The Morgan fingerprint density at radius 3 is 2.14 bits per heavy atom. The van der Waals surface area contributed by atoms with Crippen LogP contribution in [0.2, 0.25) is 0 Å². The summed E-state index contributed by atoms with van der Waals surface area (Å²) in [7, 11) is 0. The quantitative estimate of drug-likeness (QED) is 0.780. The minimum atomic E-state index is -0.537. The fourth-order valence-corrected chi connectivity index (χ4v) is 2.99. The first-order valence-corrected chi connectivity index (χ1v) is 9.87. The average molecular weight is 381 g/mol. The Balaban J connectivity index is 2.12. The van der Waals surface area contributed by atoms with Gasteiger partial charge in [0.25, 0.3) is 0 Å². The maximum atomic E-state index is 13.0. The van der Waals surface area contributed by atoms with Gasteiger partial charge in [-0.05, 0) is 52.2 Å². The molecule has 0 aliphatic rings. The van der Waals surface area contributed by atoms with E-state index in [-0.39, 0.29) is 17.4 Å². The Labute approximate surface area is 169 Å². The van der Waals surface area contributed by atoms with Gasteiger partial charge in [0.2, 0.25) is 11.8 Å². The number of benzene rings is 2. The van der Waals surface area contributed by atoms with Crippen LogP contribution >= 0.6 is 0 Å². The Hall–Kier alpha value is -2.62. The minimum Gasteiger partial charge on any atom is -0.350 e. The lowest BCUT2D eigenvalue weighted by atomic mass is 10.1. The van der Waals surface area contributed by atoms with Gasteiger partial charge in [-0.15, -0.1) is 0 Å². The van der Waals surface area contributed by atoms with Crippen LogP contribution < -0.4 is 5.32 Å². The van der Waals surface area contributed by atoms with E-state index in [9.17, 15) is 9.59 Å². The number of rotatable bonds is 7. The smallest absolute Gasteiger partial charge is 0.242 e. The molecule has 1 N–H and O–H groups in total. The second-order valence-corrected chi connectivity index (χ2v) is 8.41. The fourth-order valence-electron chi connectivity index (χ4n) is 2.99. The van der Waals surface area contributed by atoms with Crippen LogP contribution in [0.15, 0.2) is 54.6 Å². The molecule has 2 rings (SSSR count). The first-order chi connectivity index (χ1) is 13.2. The second kappa shape index (κ2) is 9.54. The fraction of sp³-hybridized carbons (Fsp3) is 0.417. The molecule has 0 aliphatic carbocycles. The van der Waals surface area contributed by atoms with Gasteiger partial charge < -0.3 is 10.2 Å². The summed E-state index contributed by atoms with van der Waals surface area (Å²) < 4.78 is 0. The van der Waals surface area contributed by atoms with Crippen LogP contribution in [-0.4, -0.2) is 28.3 Å². The zero-order valence-electron chi connectivity index (χ0n) is 17.7. The largest absolute Gasteiger partial charge is 0.350 e. The number of aryl methyl sites for hydroxylation is 2. The van der Waals surface area contributed by atoms with E-state index in [4.69, 9.17) is 0 Å². The lowest BCUT2D eigenvalue weighted by molar-refractivity contribution is -0.141. The molecule has 0 saturated carbocycles. The van der Waals surface area contributed by atoms with Crippen molar-refractivity contribution in [2.75, 3.05) is 0 Å². The SMILES string of the molecule is Cc1ccc(CCC(=O)N(Cc2ccccc2)C(C)C(=O)NC(C)(C)C)cc1. The molecule has 0 fully saturated rings. The van der Waals surface area contributed by atoms with E-state index in [2.05, 4.69) is 29.6 Å². The van der Waals surface area contributed by atoms with Gasteiger partial charge in [-0.3, -0.25) is 9.59 Å². The van der Waals surface area contributed by atoms with Crippen molar-refractivity contribution in [1.82, 2.24) is 10.2 Å². The predicted octanol–water partition coefficient (Wildman–Crippen LogP) is 4.26. The highest BCUT2D eigenvalue weighted by Crippen LogP contribution is 2.14. The summed E-state index contributed by atoms with van der Waals surface area (Å²) in [6.45, 7) is 10.1. The van der Waals surface area contributed by atoms with Crippen molar-refractivity contribution in [2.45, 2.75) is 65.6 Å². The number of carbonyl (C=O) groups is 2. The van der Waals surface area contributed by atoms with Crippen LogP contribution in [0.3, 0.4) is 0 Å². The summed E-state index contributed by atoms with van der Waals surface area (Å²) in [6, 6.07) is 17.5. The lowest BCUT2D eigenvalue weighted by Gasteiger charge is -2.31. The van der Waals surface area contributed by atoms with E-state index in [1.807, 2.05) is 58.0 Å². The van der Waals surface area contributed by atoms with Crippen molar-refractivity contribution in [3.05, 3.63) is 71.3 Å². The van der Waals surface area contributed by atoms with Gasteiger partial charge in [-0.1, -0.05) is 60.2 Å². The number of nitrogens with zero attached hydrogens (tertiary/aromatic N) is 1. The van der Waals surface area contributed by atoms with E-state index in [0.717, 1.165) is 11.1 Å². The third-order valence-corrected chi connectivity index (χ3v) is 4.61. The molecule has 2 aromatic carbocycles. The minimum absolute atomic E-state index is 0.0130. The van der Waals surface area contributed by atoms with Crippen molar-refractivity contribution >= 4 is 11.8 Å². The maximum absolute atomic E-state index is 13.0. The number of hydrogen-bond acceptors (Lipinski definition) is 2. The molecular formula is C24H32N2O2. The maximum Gasteiger partial charge on any atom is 0.242 e. The first kappa shape index (κ1) is 21.7. The van der Waals surface area contributed by atoms with E-state index in [0.29, 0.717) is 19.4 Å². The molecule has 0 heterocycles. The highest BCUT2D eigenvalue weighted by atomic mass is 16.2. The van der Waals surface area contributed by atoms with E-state index < -0.39 is 6.04 Å². The molecule has 2 aromatic rings. The molecule has 0 bridgehead atoms. The van der Waals surface area contributed by atoms with Crippen LogP contribution in [0.5, 0.6) is 0 Å². The van der Waals surface area contributed by atoms with Crippen LogP contribution in [0.25, 0.3) is 0 Å². The van der Waals surface area contributed by atoms with Gasteiger partial charge in [0.15, 0.2) is 0 Å². The third-order valence-electron chi connectivity index (χ3n) is 4.61. The average Bonchev–Trinajstić information content (AvgIpc) is 2.64. The van der Waals surface area contributed by atoms with Crippen LogP contribution in [0, 0.1) is 6.92 Å². The summed E-state index contributed by atoms with van der Waals surface area (Å²) in [4.78, 5) is 27.4. The Morgan fingerprint density at radius 1 is 0.964 bits per heavy atom. The first-order valence-electron chi connectivity index (χ1n) is 9.87. The van der Waals surface area contributed by atoms with E-state index in [1.54, 1.807) is 11.8 Å². The Kier molecular flexibility index (Phi) is 7.38. The molecule has 0 spiro atoms. The molecule has 0 radical (unpaired) electrons.